The van der Waals surface area contributed by atoms with Gasteiger partial charge in [0.15, 0.2) is 0 Å². The maximum atomic E-state index is 12.9. The third-order valence-corrected chi connectivity index (χ3v) is 7.18. The molecule has 6 nitrogen and oxygen atoms in total. The Labute approximate surface area is 153 Å². The van der Waals surface area contributed by atoms with Gasteiger partial charge in [0.05, 0.1) is 10.6 Å². The number of hydrogen-bond donors (Lipinski definition) is 0. The van der Waals surface area contributed by atoms with Crippen molar-refractivity contribution in [2.45, 2.75) is 32.2 Å². The van der Waals surface area contributed by atoms with Gasteiger partial charge in [-0.1, -0.05) is 22.8 Å². The van der Waals surface area contributed by atoms with Crippen LogP contribution in [0.1, 0.15) is 22.6 Å². The van der Waals surface area contributed by atoms with Crippen molar-refractivity contribution in [3.63, 3.8) is 0 Å². The van der Waals surface area contributed by atoms with Crippen LogP contribution in [0.15, 0.2) is 27.6 Å². The lowest BCUT2D eigenvalue weighted by Crippen LogP contribution is -2.48. The number of rotatable bonds is 4. The van der Waals surface area contributed by atoms with E-state index in [9.17, 15) is 8.42 Å². The zero-order valence-corrected chi connectivity index (χ0v) is 16.2. The van der Waals surface area contributed by atoms with Crippen LogP contribution in [0.5, 0.6) is 0 Å². The van der Waals surface area contributed by atoms with Crippen molar-refractivity contribution in [3.8, 4) is 0 Å². The molecule has 0 atom stereocenters. The van der Waals surface area contributed by atoms with Gasteiger partial charge >= 0.3 is 0 Å². The molecule has 0 spiro atoms. The Morgan fingerprint density at radius 3 is 2.44 bits per heavy atom. The summed E-state index contributed by atoms with van der Waals surface area (Å²) in [6.07, 6.45) is 0. The van der Waals surface area contributed by atoms with Gasteiger partial charge in [0.25, 0.3) is 0 Å². The Kier molecular flexibility index (Phi) is 5.20. The van der Waals surface area contributed by atoms with Gasteiger partial charge in [0.1, 0.15) is 5.76 Å². The molecule has 0 bridgehead atoms. The average molecular weight is 384 g/mol. The maximum absolute atomic E-state index is 12.9. The molecule has 0 amide bonds. The van der Waals surface area contributed by atoms with Gasteiger partial charge in [-0.25, -0.2) is 8.42 Å². The van der Waals surface area contributed by atoms with Gasteiger partial charge in [0.2, 0.25) is 10.0 Å². The smallest absolute Gasteiger partial charge is 0.243 e. The van der Waals surface area contributed by atoms with E-state index in [2.05, 4.69) is 10.1 Å². The highest BCUT2D eigenvalue weighted by atomic mass is 35.5. The minimum absolute atomic E-state index is 0.291. The molecule has 8 heteroatoms. The van der Waals surface area contributed by atoms with Crippen LogP contribution in [0.2, 0.25) is 5.02 Å². The van der Waals surface area contributed by atoms with E-state index in [1.54, 1.807) is 25.1 Å². The summed E-state index contributed by atoms with van der Waals surface area (Å²) in [6.45, 7) is 8.54. The second kappa shape index (κ2) is 7.07. The summed E-state index contributed by atoms with van der Waals surface area (Å²) < 4.78 is 32.6. The SMILES string of the molecule is Cc1noc(C)c1CN1CCN(S(=O)(=O)c2cccc(Cl)c2C)CC1. The molecule has 1 aliphatic heterocycles. The van der Waals surface area contributed by atoms with E-state index in [1.807, 2.05) is 13.8 Å². The molecule has 3 rings (SSSR count). The normalized spacial score (nSPS) is 17.1. The number of halogens is 1. The zero-order chi connectivity index (χ0) is 18.2. The topological polar surface area (TPSA) is 66.7 Å². The van der Waals surface area contributed by atoms with Crippen molar-refractivity contribution in [1.29, 1.82) is 0 Å². The van der Waals surface area contributed by atoms with Crippen molar-refractivity contribution >= 4 is 21.6 Å². The van der Waals surface area contributed by atoms with Crippen LogP contribution in [0, 0.1) is 20.8 Å². The van der Waals surface area contributed by atoms with Crippen molar-refractivity contribution in [2.24, 2.45) is 0 Å². The maximum Gasteiger partial charge on any atom is 0.243 e. The first kappa shape index (κ1) is 18.4. The molecular weight excluding hydrogens is 362 g/mol. The molecule has 1 saturated heterocycles. The highest BCUT2D eigenvalue weighted by Gasteiger charge is 2.30. The van der Waals surface area contributed by atoms with E-state index in [0.717, 1.165) is 23.6 Å². The highest BCUT2D eigenvalue weighted by Crippen LogP contribution is 2.26. The molecular formula is C17H22ClN3O3S. The first-order valence-electron chi connectivity index (χ1n) is 8.20. The fourth-order valence-corrected chi connectivity index (χ4v) is 4.99. The minimum atomic E-state index is -3.53. The van der Waals surface area contributed by atoms with Crippen LogP contribution in [0.25, 0.3) is 0 Å². The summed E-state index contributed by atoms with van der Waals surface area (Å²) in [5.74, 6) is 0.821. The number of benzene rings is 1. The zero-order valence-electron chi connectivity index (χ0n) is 14.6. The number of aryl methyl sites for hydroxylation is 2. The van der Waals surface area contributed by atoms with E-state index >= 15 is 0 Å². The fraction of sp³-hybridized carbons (Fsp3) is 0.471. The van der Waals surface area contributed by atoms with Crippen LogP contribution < -0.4 is 0 Å². The lowest BCUT2D eigenvalue weighted by Gasteiger charge is -2.34. The van der Waals surface area contributed by atoms with Crippen molar-refractivity contribution < 1.29 is 12.9 Å². The summed E-state index contributed by atoms with van der Waals surface area (Å²) in [4.78, 5) is 2.52. The fourth-order valence-electron chi connectivity index (χ4n) is 3.09. The average Bonchev–Trinajstić information content (AvgIpc) is 2.89. The van der Waals surface area contributed by atoms with Crippen LogP contribution in [-0.4, -0.2) is 49.0 Å². The molecule has 0 unspecified atom stereocenters. The van der Waals surface area contributed by atoms with Gasteiger partial charge in [-0.2, -0.15) is 4.31 Å². The molecule has 1 aromatic carbocycles. The molecule has 0 radical (unpaired) electrons. The Morgan fingerprint density at radius 1 is 1.16 bits per heavy atom. The predicted octanol–water partition coefficient (Wildman–Crippen LogP) is 2.76. The van der Waals surface area contributed by atoms with Gasteiger partial charge < -0.3 is 4.52 Å². The molecule has 0 N–H and O–H groups in total. The summed E-state index contributed by atoms with van der Waals surface area (Å²) in [5.41, 5.74) is 2.58. The molecule has 2 heterocycles. The van der Waals surface area contributed by atoms with Crippen LogP contribution in [0.3, 0.4) is 0 Å². The van der Waals surface area contributed by atoms with Gasteiger partial charge in [-0.15, -0.1) is 0 Å². The summed E-state index contributed by atoms with van der Waals surface area (Å²) in [6, 6.07) is 5.00. The molecule has 2 aromatic rings. The molecule has 1 fully saturated rings. The quantitative estimate of drug-likeness (QED) is 0.812. The number of aromatic nitrogens is 1. The summed E-state index contributed by atoms with van der Waals surface area (Å²) in [7, 11) is -3.53. The highest BCUT2D eigenvalue weighted by molar-refractivity contribution is 7.89. The Bertz CT molecular complexity index is 852. The van der Waals surface area contributed by atoms with Crippen molar-refractivity contribution in [2.75, 3.05) is 26.2 Å². The third kappa shape index (κ3) is 3.60. The monoisotopic (exact) mass is 383 g/mol. The molecule has 25 heavy (non-hydrogen) atoms. The van der Waals surface area contributed by atoms with Crippen LogP contribution in [0.4, 0.5) is 0 Å². The predicted molar refractivity (Wildman–Crippen MR) is 96.2 cm³/mol. The summed E-state index contributed by atoms with van der Waals surface area (Å²) >= 11 is 6.09. The Hall–Kier alpha value is -1.41. The second-order valence-electron chi connectivity index (χ2n) is 6.35. The standard InChI is InChI=1S/C17H22ClN3O3S/c1-12-16(18)5-4-6-17(12)25(22,23)21-9-7-20(8-10-21)11-15-13(2)19-24-14(15)3/h4-6H,7-11H2,1-3H3. The Morgan fingerprint density at radius 2 is 1.84 bits per heavy atom. The van der Waals surface area contributed by atoms with Crippen molar-refractivity contribution in [3.05, 3.63) is 45.8 Å². The van der Waals surface area contributed by atoms with Crippen molar-refractivity contribution in [1.82, 2.24) is 14.4 Å². The van der Waals surface area contributed by atoms with E-state index in [1.165, 1.54) is 4.31 Å². The first-order chi connectivity index (χ1) is 11.8. The minimum Gasteiger partial charge on any atom is -0.361 e. The number of hydrogen-bond acceptors (Lipinski definition) is 5. The van der Waals surface area contributed by atoms with E-state index in [-0.39, 0.29) is 0 Å². The molecule has 136 valence electrons. The van der Waals surface area contributed by atoms with E-state index in [0.29, 0.717) is 41.7 Å². The lowest BCUT2D eigenvalue weighted by atomic mass is 10.2. The summed E-state index contributed by atoms with van der Waals surface area (Å²) in [5, 5.41) is 4.44. The largest absolute Gasteiger partial charge is 0.361 e. The van der Waals surface area contributed by atoms with Crippen LogP contribution in [-0.2, 0) is 16.6 Å². The Balaban J connectivity index is 1.70. The van der Waals surface area contributed by atoms with Gasteiger partial charge in [-0.3, -0.25) is 4.90 Å². The second-order valence-corrected chi connectivity index (χ2v) is 8.66. The molecule has 1 aromatic heterocycles. The van der Waals surface area contributed by atoms with E-state index < -0.39 is 10.0 Å². The third-order valence-electron chi connectivity index (χ3n) is 4.73. The number of piperazine rings is 1. The van der Waals surface area contributed by atoms with Gasteiger partial charge in [0, 0.05) is 43.3 Å². The van der Waals surface area contributed by atoms with Gasteiger partial charge in [-0.05, 0) is 38.5 Å². The van der Waals surface area contributed by atoms with Crippen LogP contribution >= 0.6 is 11.6 Å². The van der Waals surface area contributed by atoms with E-state index in [4.69, 9.17) is 16.1 Å². The molecule has 1 aliphatic rings. The first-order valence-corrected chi connectivity index (χ1v) is 10.0. The number of sulfonamides is 1. The number of nitrogens with zero attached hydrogens (tertiary/aromatic N) is 3. The molecule has 0 saturated carbocycles. The lowest BCUT2D eigenvalue weighted by molar-refractivity contribution is 0.180. The molecule has 0 aliphatic carbocycles.